The molecular formula is C13H21N3OS. The molecule has 4 nitrogen and oxygen atoms in total. The van der Waals surface area contributed by atoms with Crippen molar-refractivity contribution in [1.29, 1.82) is 0 Å². The minimum Gasteiger partial charge on any atom is -0.342 e. The Morgan fingerprint density at radius 1 is 1.50 bits per heavy atom. The molecule has 1 aromatic heterocycles. The fourth-order valence-electron chi connectivity index (χ4n) is 2.16. The van der Waals surface area contributed by atoms with E-state index in [2.05, 4.69) is 11.9 Å². The summed E-state index contributed by atoms with van der Waals surface area (Å²) in [6.07, 6.45) is 5.93. The average Bonchev–Trinajstić information content (AvgIpc) is 2.75. The van der Waals surface area contributed by atoms with Gasteiger partial charge in [-0.3, -0.25) is 4.79 Å². The monoisotopic (exact) mass is 267 g/mol. The standard InChI is InChI=1S/C13H21N3OS/c1-10-4-7-16(8-5-10)12(17)11(2)18-13-14-6-9-15(13)3/h6,9-11H,4-5,7-8H2,1-3H3. The molecular weight excluding hydrogens is 246 g/mol. The molecule has 1 atom stereocenters. The van der Waals surface area contributed by atoms with E-state index >= 15 is 0 Å². The van der Waals surface area contributed by atoms with Gasteiger partial charge in [-0.2, -0.15) is 0 Å². The predicted molar refractivity (Wildman–Crippen MR) is 73.5 cm³/mol. The number of nitrogens with zero attached hydrogens (tertiary/aromatic N) is 3. The van der Waals surface area contributed by atoms with Crippen LogP contribution in [0.1, 0.15) is 26.7 Å². The van der Waals surface area contributed by atoms with Crippen molar-refractivity contribution in [3.05, 3.63) is 12.4 Å². The number of aryl methyl sites for hydroxylation is 1. The van der Waals surface area contributed by atoms with E-state index in [9.17, 15) is 4.79 Å². The van der Waals surface area contributed by atoms with Crippen LogP contribution in [-0.2, 0) is 11.8 Å². The van der Waals surface area contributed by atoms with Crippen molar-refractivity contribution in [3.8, 4) is 0 Å². The van der Waals surface area contributed by atoms with Crippen molar-refractivity contribution in [3.63, 3.8) is 0 Å². The Hall–Kier alpha value is -0.970. The summed E-state index contributed by atoms with van der Waals surface area (Å²) in [5.74, 6) is 1.00. The van der Waals surface area contributed by atoms with Crippen LogP contribution in [0.25, 0.3) is 0 Å². The van der Waals surface area contributed by atoms with Gasteiger partial charge < -0.3 is 9.47 Å². The van der Waals surface area contributed by atoms with Gasteiger partial charge in [-0.1, -0.05) is 18.7 Å². The zero-order valence-electron chi connectivity index (χ0n) is 11.3. The number of aromatic nitrogens is 2. The molecule has 2 rings (SSSR count). The third-order valence-electron chi connectivity index (χ3n) is 3.50. The summed E-state index contributed by atoms with van der Waals surface area (Å²) >= 11 is 1.54. The Morgan fingerprint density at radius 2 is 2.17 bits per heavy atom. The summed E-state index contributed by atoms with van der Waals surface area (Å²) in [7, 11) is 1.95. The van der Waals surface area contributed by atoms with Crippen molar-refractivity contribution in [2.24, 2.45) is 13.0 Å². The van der Waals surface area contributed by atoms with E-state index in [1.54, 1.807) is 18.0 Å². The van der Waals surface area contributed by atoms with Crippen molar-refractivity contribution < 1.29 is 4.79 Å². The molecule has 0 spiro atoms. The van der Waals surface area contributed by atoms with Crippen molar-refractivity contribution in [1.82, 2.24) is 14.5 Å². The number of imidazole rings is 1. The lowest BCUT2D eigenvalue weighted by atomic mass is 9.99. The quantitative estimate of drug-likeness (QED) is 0.788. The van der Waals surface area contributed by atoms with Crippen molar-refractivity contribution >= 4 is 17.7 Å². The molecule has 1 saturated heterocycles. The maximum absolute atomic E-state index is 12.3. The Morgan fingerprint density at radius 3 is 2.72 bits per heavy atom. The van der Waals surface area contributed by atoms with E-state index in [0.29, 0.717) is 0 Å². The van der Waals surface area contributed by atoms with Crippen LogP contribution >= 0.6 is 11.8 Å². The molecule has 100 valence electrons. The maximum atomic E-state index is 12.3. The Kier molecular flexibility index (Phi) is 4.32. The van der Waals surface area contributed by atoms with Gasteiger partial charge in [0.1, 0.15) is 0 Å². The van der Waals surface area contributed by atoms with Crippen LogP contribution in [0.5, 0.6) is 0 Å². The van der Waals surface area contributed by atoms with Gasteiger partial charge in [-0.15, -0.1) is 0 Å². The maximum Gasteiger partial charge on any atom is 0.235 e. The van der Waals surface area contributed by atoms with Crippen LogP contribution in [0.2, 0.25) is 0 Å². The lowest BCUT2D eigenvalue weighted by molar-refractivity contribution is -0.131. The number of carbonyl (C=O) groups is 1. The second kappa shape index (κ2) is 5.78. The van der Waals surface area contributed by atoms with E-state index in [4.69, 9.17) is 0 Å². The Labute approximate surface area is 113 Å². The summed E-state index contributed by atoms with van der Waals surface area (Å²) in [5.41, 5.74) is 0. The summed E-state index contributed by atoms with van der Waals surface area (Å²) in [6.45, 7) is 6.05. The van der Waals surface area contributed by atoms with Gasteiger partial charge in [0.25, 0.3) is 0 Å². The molecule has 2 heterocycles. The average molecular weight is 267 g/mol. The molecule has 1 unspecified atom stereocenters. The summed E-state index contributed by atoms with van der Waals surface area (Å²) < 4.78 is 1.95. The van der Waals surface area contributed by atoms with E-state index < -0.39 is 0 Å². The number of likely N-dealkylation sites (tertiary alicyclic amines) is 1. The number of amides is 1. The highest BCUT2D eigenvalue weighted by molar-refractivity contribution is 8.00. The van der Waals surface area contributed by atoms with Crippen molar-refractivity contribution in [2.75, 3.05) is 13.1 Å². The largest absolute Gasteiger partial charge is 0.342 e. The van der Waals surface area contributed by atoms with Gasteiger partial charge in [0.05, 0.1) is 5.25 Å². The molecule has 0 N–H and O–H groups in total. The molecule has 0 aliphatic carbocycles. The highest BCUT2D eigenvalue weighted by atomic mass is 32.2. The third-order valence-corrected chi connectivity index (χ3v) is 4.66. The molecule has 1 aliphatic heterocycles. The van der Waals surface area contributed by atoms with Crippen LogP contribution < -0.4 is 0 Å². The van der Waals surface area contributed by atoms with Crippen LogP contribution in [0.15, 0.2) is 17.6 Å². The zero-order chi connectivity index (χ0) is 13.1. The minimum atomic E-state index is -0.0560. The fraction of sp³-hybridized carbons (Fsp3) is 0.692. The molecule has 18 heavy (non-hydrogen) atoms. The van der Waals surface area contributed by atoms with Gasteiger partial charge in [-0.05, 0) is 25.7 Å². The van der Waals surface area contributed by atoms with Crippen LogP contribution in [0.4, 0.5) is 0 Å². The third kappa shape index (κ3) is 3.07. The number of rotatable bonds is 3. The second-order valence-corrected chi connectivity index (χ2v) is 6.40. The first-order valence-corrected chi connectivity index (χ1v) is 7.38. The molecule has 0 saturated carbocycles. The highest BCUT2D eigenvalue weighted by Gasteiger charge is 2.25. The summed E-state index contributed by atoms with van der Waals surface area (Å²) in [4.78, 5) is 18.6. The Balaban J connectivity index is 1.91. The van der Waals surface area contributed by atoms with Gasteiger partial charge >= 0.3 is 0 Å². The predicted octanol–water partition coefficient (Wildman–Crippen LogP) is 2.16. The van der Waals surface area contributed by atoms with Gasteiger partial charge in [-0.25, -0.2) is 4.98 Å². The van der Waals surface area contributed by atoms with Gasteiger partial charge in [0, 0.05) is 32.5 Å². The topological polar surface area (TPSA) is 38.1 Å². The van der Waals surface area contributed by atoms with Gasteiger partial charge in [0.15, 0.2) is 5.16 Å². The summed E-state index contributed by atoms with van der Waals surface area (Å²) in [5, 5.41) is 0.848. The SMILES string of the molecule is CC1CCN(C(=O)C(C)Sc2nccn2C)CC1. The number of hydrogen-bond donors (Lipinski definition) is 0. The normalized spacial score (nSPS) is 18.9. The lowest BCUT2D eigenvalue weighted by Gasteiger charge is -2.31. The second-order valence-electron chi connectivity index (χ2n) is 5.09. The Bertz CT molecular complexity index is 410. The number of carbonyl (C=O) groups excluding carboxylic acids is 1. The minimum absolute atomic E-state index is 0.0560. The zero-order valence-corrected chi connectivity index (χ0v) is 12.1. The first kappa shape index (κ1) is 13.5. The molecule has 5 heteroatoms. The highest BCUT2D eigenvalue weighted by Crippen LogP contribution is 2.24. The van der Waals surface area contributed by atoms with E-state index in [1.165, 1.54) is 0 Å². The molecule has 0 aromatic carbocycles. The smallest absolute Gasteiger partial charge is 0.235 e. The number of thioether (sulfide) groups is 1. The van der Waals surface area contributed by atoms with Crippen LogP contribution in [-0.4, -0.2) is 38.7 Å². The first-order chi connectivity index (χ1) is 8.58. The molecule has 1 amide bonds. The molecule has 1 aromatic rings. The lowest BCUT2D eigenvalue weighted by Crippen LogP contribution is -2.41. The molecule has 0 radical (unpaired) electrons. The van der Waals surface area contributed by atoms with E-state index in [0.717, 1.165) is 37.0 Å². The van der Waals surface area contributed by atoms with E-state index in [1.807, 2.05) is 29.6 Å². The molecule has 0 bridgehead atoms. The van der Waals surface area contributed by atoms with Crippen molar-refractivity contribution in [2.45, 2.75) is 37.1 Å². The number of hydrogen-bond acceptors (Lipinski definition) is 3. The molecule has 1 aliphatic rings. The van der Waals surface area contributed by atoms with E-state index in [-0.39, 0.29) is 11.2 Å². The molecule has 1 fully saturated rings. The first-order valence-electron chi connectivity index (χ1n) is 6.50. The van der Waals surface area contributed by atoms with Gasteiger partial charge in [0.2, 0.25) is 5.91 Å². The van der Waals surface area contributed by atoms with Crippen LogP contribution in [0, 0.1) is 5.92 Å². The van der Waals surface area contributed by atoms with Crippen LogP contribution in [0.3, 0.4) is 0 Å². The summed E-state index contributed by atoms with van der Waals surface area (Å²) in [6, 6.07) is 0. The number of piperidine rings is 1. The fourth-order valence-corrected chi connectivity index (χ4v) is 3.08.